The highest BCUT2D eigenvalue weighted by Crippen LogP contribution is 2.07. The molecule has 28 heavy (non-hydrogen) atoms. The van der Waals surface area contributed by atoms with Crippen molar-refractivity contribution in [1.82, 2.24) is 15.0 Å². The van der Waals surface area contributed by atoms with E-state index in [1.165, 1.54) is 6.20 Å². The third-order valence-electron chi connectivity index (χ3n) is 3.31. The van der Waals surface area contributed by atoms with E-state index in [4.69, 9.17) is 5.11 Å². The minimum atomic E-state index is -3.75. The number of pyridine rings is 1. The highest BCUT2D eigenvalue weighted by atomic mass is 32.2. The van der Waals surface area contributed by atoms with Gasteiger partial charge in [0, 0.05) is 18.8 Å². The number of aromatic nitrogens is 1. The Bertz CT molecular complexity index is 844. The van der Waals surface area contributed by atoms with Crippen molar-refractivity contribution in [3.8, 4) is 0 Å². The lowest BCUT2D eigenvalue weighted by atomic mass is 10.1. The van der Waals surface area contributed by atoms with E-state index in [1.807, 2.05) is 0 Å². The Morgan fingerprint density at radius 1 is 1.07 bits per heavy atom. The standard InChI is InChI=1S/C15H16N2O4S.C3H7NO2/c18-15(19)14(9-13-7-4-8-16-10-13)17-22(20,21)11-12-5-2-1-3-6-12;1-4-2-3(5)6/h1-8,10,14,17H,9,11H2,(H,18,19);4H,2H2,1H3,(H,5,6)/t14-;/m0./s1. The van der Waals surface area contributed by atoms with Crippen molar-refractivity contribution in [3.05, 3.63) is 66.0 Å². The minimum Gasteiger partial charge on any atom is -0.480 e. The number of hydrogen-bond acceptors (Lipinski definition) is 6. The second-order valence-corrected chi connectivity index (χ2v) is 7.50. The Morgan fingerprint density at radius 2 is 1.71 bits per heavy atom. The number of rotatable bonds is 9. The van der Waals surface area contributed by atoms with E-state index in [0.29, 0.717) is 11.1 Å². The second kappa shape index (κ2) is 11.8. The Morgan fingerprint density at radius 3 is 2.18 bits per heavy atom. The summed E-state index contributed by atoms with van der Waals surface area (Å²) < 4.78 is 26.5. The van der Waals surface area contributed by atoms with E-state index in [0.717, 1.165) is 0 Å². The van der Waals surface area contributed by atoms with Crippen LogP contribution in [0.3, 0.4) is 0 Å². The number of benzene rings is 1. The van der Waals surface area contributed by atoms with Crippen LogP contribution in [0.2, 0.25) is 0 Å². The lowest BCUT2D eigenvalue weighted by molar-refractivity contribution is -0.139. The SMILES string of the molecule is CNCC(=O)O.O=C(O)[C@H](Cc1cccnc1)NS(=O)(=O)Cc1ccccc1. The van der Waals surface area contributed by atoms with Crippen molar-refractivity contribution in [2.75, 3.05) is 13.6 Å². The first-order chi connectivity index (χ1) is 13.2. The zero-order valence-corrected chi connectivity index (χ0v) is 16.1. The van der Waals surface area contributed by atoms with Crippen LogP contribution in [-0.4, -0.2) is 55.2 Å². The summed E-state index contributed by atoms with van der Waals surface area (Å²) in [7, 11) is -2.16. The van der Waals surface area contributed by atoms with Crippen molar-refractivity contribution in [2.24, 2.45) is 0 Å². The minimum absolute atomic E-state index is 0.0389. The maximum atomic E-state index is 12.1. The molecule has 152 valence electrons. The Kier molecular flexibility index (Phi) is 9.79. The van der Waals surface area contributed by atoms with Gasteiger partial charge in [-0.1, -0.05) is 36.4 Å². The van der Waals surface area contributed by atoms with Crippen LogP contribution < -0.4 is 10.0 Å². The average Bonchev–Trinajstić information content (AvgIpc) is 2.62. The van der Waals surface area contributed by atoms with E-state index < -0.39 is 28.0 Å². The molecule has 2 aromatic rings. The van der Waals surface area contributed by atoms with Crippen LogP contribution in [0.25, 0.3) is 0 Å². The van der Waals surface area contributed by atoms with Gasteiger partial charge in [0.05, 0.1) is 12.3 Å². The first kappa shape index (κ1) is 23.2. The molecular formula is C18H23N3O6S. The van der Waals surface area contributed by atoms with Crippen LogP contribution in [0.4, 0.5) is 0 Å². The molecule has 1 heterocycles. The molecule has 0 spiro atoms. The summed E-state index contributed by atoms with van der Waals surface area (Å²) in [5, 5.41) is 19.5. The molecule has 1 aromatic heterocycles. The first-order valence-corrected chi connectivity index (χ1v) is 9.90. The van der Waals surface area contributed by atoms with Gasteiger partial charge < -0.3 is 15.5 Å². The third kappa shape index (κ3) is 9.76. The molecule has 10 heteroatoms. The van der Waals surface area contributed by atoms with Gasteiger partial charge in [0.2, 0.25) is 10.0 Å². The van der Waals surface area contributed by atoms with E-state index in [9.17, 15) is 23.1 Å². The van der Waals surface area contributed by atoms with Crippen LogP contribution in [0.15, 0.2) is 54.9 Å². The Labute approximate surface area is 163 Å². The molecule has 0 fully saturated rings. The highest BCUT2D eigenvalue weighted by Gasteiger charge is 2.24. The van der Waals surface area contributed by atoms with Gasteiger partial charge in [-0.05, 0) is 24.2 Å². The van der Waals surface area contributed by atoms with Crippen molar-refractivity contribution >= 4 is 22.0 Å². The molecule has 4 N–H and O–H groups in total. The average molecular weight is 409 g/mol. The lowest BCUT2D eigenvalue weighted by Gasteiger charge is -2.14. The normalized spacial score (nSPS) is 11.8. The van der Waals surface area contributed by atoms with Gasteiger partial charge in [0.15, 0.2) is 0 Å². The largest absolute Gasteiger partial charge is 0.480 e. The molecule has 0 bridgehead atoms. The van der Waals surface area contributed by atoms with Gasteiger partial charge in [0.1, 0.15) is 6.04 Å². The highest BCUT2D eigenvalue weighted by molar-refractivity contribution is 7.88. The first-order valence-electron chi connectivity index (χ1n) is 8.25. The van der Waals surface area contributed by atoms with Crippen LogP contribution in [0.5, 0.6) is 0 Å². The molecule has 1 atom stereocenters. The molecule has 0 aliphatic rings. The zero-order valence-electron chi connectivity index (χ0n) is 15.3. The van der Waals surface area contributed by atoms with E-state index in [1.54, 1.807) is 55.7 Å². The summed E-state index contributed by atoms with van der Waals surface area (Å²) in [5.41, 5.74) is 1.25. The second-order valence-electron chi connectivity index (χ2n) is 5.74. The summed E-state index contributed by atoms with van der Waals surface area (Å²) in [6.45, 7) is 0.0417. The van der Waals surface area contributed by atoms with Gasteiger partial charge >= 0.3 is 11.9 Å². The number of carbonyl (C=O) groups is 2. The summed E-state index contributed by atoms with van der Waals surface area (Å²) >= 11 is 0. The molecule has 0 radical (unpaired) electrons. The fourth-order valence-electron chi connectivity index (χ4n) is 2.14. The lowest BCUT2D eigenvalue weighted by Crippen LogP contribution is -2.42. The maximum absolute atomic E-state index is 12.1. The fourth-order valence-corrected chi connectivity index (χ4v) is 3.47. The molecule has 0 saturated carbocycles. The predicted molar refractivity (Wildman–Crippen MR) is 103 cm³/mol. The molecular weight excluding hydrogens is 386 g/mol. The number of nitrogens with zero attached hydrogens (tertiary/aromatic N) is 1. The van der Waals surface area contributed by atoms with Gasteiger partial charge in [-0.3, -0.25) is 14.6 Å². The summed E-state index contributed by atoms with van der Waals surface area (Å²) in [6.07, 6.45) is 3.12. The van der Waals surface area contributed by atoms with Crippen molar-refractivity contribution < 1.29 is 28.2 Å². The molecule has 9 nitrogen and oxygen atoms in total. The van der Waals surface area contributed by atoms with Crippen molar-refractivity contribution in [1.29, 1.82) is 0 Å². The topological polar surface area (TPSA) is 146 Å². The number of sulfonamides is 1. The van der Waals surface area contributed by atoms with Crippen LogP contribution in [0, 0.1) is 0 Å². The molecule has 0 aliphatic heterocycles. The molecule has 0 unspecified atom stereocenters. The van der Waals surface area contributed by atoms with E-state index in [-0.39, 0.29) is 18.7 Å². The van der Waals surface area contributed by atoms with Crippen LogP contribution >= 0.6 is 0 Å². The zero-order chi connectivity index (χ0) is 21.0. The maximum Gasteiger partial charge on any atom is 0.322 e. The van der Waals surface area contributed by atoms with Crippen molar-refractivity contribution in [3.63, 3.8) is 0 Å². The predicted octanol–water partition coefficient (Wildman–Crippen LogP) is 0.487. The molecule has 0 saturated heterocycles. The Hall–Kier alpha value is -2.82. The van der Waals surface area contributed by atoms with Gasteiger partial charge in [-0.2, -0.15) is 0 Å². The molecule has 1 aromatic carbocycles. The Balaban J connectivity index is 0.000000568. The number of likely N-dealkylation sites (N-methyl/N-ethyl adjacent to an activating group) is 1. The summed E-state index contributed by atoms with van der Waals surface area (Å²) in [4.78, 5) is 24.7. The quantitative estimate of drug-likeness (QED) is 0.468. The van der Waals surface area contributed by atoms with Gasteiger partial charge in [-0.15, -0.1) is 0 Å². The number of aliphatic carboxylic acids is 2. The van der Waals surface area contributed by atoms with Gasteiger partial charge in [-0.25, -0.2) is 13.1 Å². The summed E-state index contributed by atoms with van der Waals surface area (Å²) in [6, 6.07) is 10.8. The third-order valence-corrected chi connectivity index (χ3v) is 4.67. The molecule has 2 rings (SSSR count). The van der Waals surface area contributed by atoms with E-state index in [2.05, 4.69) is 15.0 Å². The van der Waals surface area contributed by atoms with Crippen molar-refractivity contribution in [2.45, 2.75) is 18.2 Å². The summed E-state index contributed by atoms with van der Waals surface area (Å²) in [5.74, 6) is -2.30. The van der Waals surface area contributed by atoms with Crippen LogP contribution in [0.1, 0.15) is 11.1 Å². The number of nitrogens with one attached hydrogen (secondary N) is 2. The molecule has 0 aliphatic carbocycles. The van der Waals surface area contributed by atoms with Gasteiger partial charge in [0.25, 0.3) is 0 Å². The number of carboxylic acids is 2. The molecule has 0 amide bonds. The monoisotopic (exact) mass is 409 g/mol. The van der Waals surface area contributed by atoms with E-state index >= 15 is 0 Å². The fraction of sp³-hybridized carbons (Fsp3) is 0.278. The smallest absolute Gasteiger partial charge is 0.322 e. The van der Waals surface area contributed by atoms with Crippen LogP contribution in [-0.2, 0) is 31.8 Å². The number of carboxylic acid groups (broad SMARTS) is 2. The number of hydrogen-bond donors (Lipinski definition) is 4.